The van der Waals surface area contributed by atoms with Crippen LogP contribution in [0.2, 0.25) is 5.02 Å². The molecule has 0 radical (unpaired) electrons. The minimum atomic E-state index is -0.176. The molecule has 1 aromatic carbocycles. The predicted octanol–water partition coefficient (Wildman–Crippen LogP) is 1.80. The van der Waals surface area contributed by atoms with Crippen molar-refractivity contribution in [3.8, 4) is 11.4 Å². The second-order valence-corrected chi connectivity index (χ2v) is 6.49. The summed E-state index contributed by atoms with van der Waals surface area (Å²) in [4.78, 5) is 27.2. The fraction of sp³-hybridized carbons (Fsp3) is 0.471. The third-order valence-corrected chi connectivity index (χ3v) is 4.55. The minimum Gasteiger partial charge on any atom is -0.466 e. The molecule has 1 aromatic heterocycles. The van der Waals surface area contributed by atoms with Gasteiger partial charge in [0.15, 0.2) is 0 Å². The summed E-state index contributed by atoms with van der Waals surface area (Å²) >= 11 is 5.87. The Morgan fingerprint density at radius 1 is 1.23 bits per heavy atom. The molecule has 1 aliphatic heterocycles. The van der Waals surface area contributed by atoms with Crippen molar-refractivity contribution in [3.63, 3.8) is 0 Å². The van der Waals surface area contributed by atoms with Gasteiger partial charge in [0.25, 0.3) is 0 Å². The number of hydrogen-bond acceptors (Lipinski definition) is 6. The molecule has 8 nitrogen and oxygen atoms in total. The van der Waals surface area contributed by atoms with E-state index in [2.05, 4.69) is 15.4 Å². The van der Waals surface area contributed by atoms with Crippen LogP contribution in [0, 0.1) is 5.92 Å². The Morgan fingerprint density at radius 2 is 1.92 bits per heavy atom. The molecule has 0 spiro atoms. The highest BCUT2D eigenvalue weighted by molar-refractivity contribution is 6.30. The zero-order valence-electron chi connectivity index (χ0n) is 14.5. The standard InChI is InChI=1S/C17H20ClN5O3/c1-2-26-17(25)13-7-9-22(10-8-13)15(24)11-23-20-16(19-21-23)12-3-5-14(18)6-4-12/h3-6,13H,2,7-11H2,1H3. The van der Waals surface area contributed by atoms with E-state index in [4.69, 9.17) is 16.3 Å². The number of rotatable bonds is 5. The first-order valence-corrected chi connectivity index (χ1v) is 8.92. The second-order valence-electron chi connectivity index (χ2n) is 6.06. The lowest BCUT2D eigenvalue weighted by molar-refractivity contribution is -0.151. The van der Waals surface area contributed by atoms with Gasteiger partial charge in [-0.25, -0.2) is 0 Å². The zero-order valence-corrected chi connectivity index (χ0v) is 15.2. The van der Waals surface area contributed by atoms with Gasteiger partial charge in [-0.1, -0.05) is 11.6 Å². The number of carbonyl (C=O) groups is 2. The summed E-state index contributed by atoms with van der Waals surface area (Å²) in [5.41, 5.74) is 0.781. The zero-order chi connectivity index (χ0) is 18.5. The highest BCUT2D eigenvalue weighted by Crippen LogP contribution is 2.19. The number of nitrogens with zero attached hydrogens (tertiary/aromatic N) is 5. The molecule has 3 rings (SSSR count). The maximum Gasteiger partial charge on any atom is 0.309 e. The molecule has 0 N–H and O–H groups in total. The quantitative estimate of drug-likeness (QED) is 0.738. The van der Waals surface area contributed by atoms with Crippen LogP contribution in [0.15, 0.2) is 24.3 Å². The number of hydrogen-bond donors (Lipinski definition) is 0. The van der Waals surface area contributed by atoms with Gasteiger partial charge in [-0.3, -0.25) is 9.59 Å². The lowest BCUT2D eigenvalue weighted by Crippen LogP contribution is -2.42. The fourth-order valence-corrected chi connectivity index (χ4v) is 3.00. The number of tetrazole rings is 1. The summed E-state index contributed by atoms with van der Waals surface area (Å²) < 4.78 is 5.04. The molecule has 1 fully saturated rings. The number of benzene rings is 1. The first-order valence-electron chi connectivity index (χ1n) is 8.55. The molecule has 1 amide bonds. The Morgan fingerprint density at radius 3 is 2.58 bits per heavy atom. The van der Waals surface area contributed by atoms with Crippen LogP contribution in [-0.4, -0.2) is 56.7 Å². The number of likely N-dealkylation sites (tertiary alicyclic amines) is 1. The lowest BCUT2D eigenvalue weighted by atomic mass is 9.97. The summed E-state index contributed by atoms with van der Waals surface area (Å²) in [6.45, 7) is 3.25. The summed E-state index contributed by atoms with van der Waals surface area (Å²) in [6, 6.07) is 7.09. The topological polar surface area (TPSA) is 90.2 Å². The molecular weight excluding hydrogens is 358 g/mol. The Labute approximate surface area is 156 Å². The van der Waals surface area contributed by atoms with Crippen LogP contribution in [0.5, 0.6) is 0 Å². The third kappa shape index (κ3) is 4.37. The van der Waals surface area contributed by atoms with Crippen molar-refractivity contribution in [2.45, 2.75) is 26.3 Å². The number of amides is 1. The van der Waals surface area contributed by atoms with Gasteiger partial charge in [0.1, 0.15) is 6.54 Å². The van der Waals surface area contributed by atoms with Gasteiger partial charge in [-0.2, -0.15) is 4.80 Å². The molecule has 0 atom stereocenters. The fourth-order valence-electron chi connectivity index (χ4n) is 2.87. The van der Waals surface area contributed by atoms with Gasteiger partial charge in [0, 0.05) is 23.7 Å². The first kappa shape index (κ1) is 18.3. The molecule has 2 aromatic rings. The van der Waals surface area contributed by atoms with E-state index in [0.29, 0.717) is 43.4 Å². The van der Waals surface area contributed by atoms with Gasteiger partial charge in [-0.15, -0.1) is 10.2 Å². The van der Waals surface area contributed by atoms with Crippen LogP contribution in [0.25, 0.3) is 11.4 Å². The van der Waals surface area contributed by atoms with E-state index in [1.807, 2.05) is 0 Å². The number of halogens is 1. The molecule has 9 heteroatoms. The second kappa shape index (κ2) is 8.27. The maximum atomic E-state index is 12.4. The monoisotopic (exact) mass is 377 g/mol. The van der Waals surface area contributed by atoms with Crippen LogP contribution in [0.3, 0.4) is 0 Å². The largest absolute Gasteiger partial charge is 0.466 e. The summed E-state index contributed by atoms with van der Waals surface area (Å²) in [6.07, 6.45) is 1.23. The van der Waals surface area contributed by atoms with Crippen LogP contribution < -0.4 is 0 Å². The maximum absolute atomic E-state index is 12.4. The van der Waals surface area contributed by atoms with Crippen molar-refractivity contribution in [1.82, 2.24) is 25.1 Å². The van der Waals surface area contributed by atoms with E-state index in [9.17, 15) is 9.59 Å². The molecule has 0 saturated carbocycles. The van der Waals surface area contributed by atoms with Crippen molar-refractivity contribution in [3.05, 3.63) is 29.3 Å². The molecule has 2 heterocycles. The van der Waals surface area contributed by atoms with E-state index in [1.165, 1.54) is 4.80 Å². The van der Waals surface area contributed by atoms with E-state index in [-0.39, 0.29) is 24.3 Å². The number of carbonyl (C=O) groups excluding carboxylic acids is 2. The van der Waals surface area contributed by atoms with Gasteiger partial charge >= 0.3 is 5.97 Å². The van der Waals surface area contributed by atoms with Gasteiger partial charge in [-0.05, 0) is 49.2 Å². The molecule has 26 heavy (non-hydrogen) atoms. The van der Waals surface area contributed by atoms with E-state index >= 15 is 0 Å². The highest BCUT2D eigenvalue weighted by atomic mass is 35.5. The smallest absolute Gasteiger partial charge is 0.309 e. The summed E-state index contributed by atoms with van der Waals surface area (Å²) in [5, 5.41) is 12.8. The average Bonchev–Trinajstić information content (AvgIpc) is 3.11. The Bertz CT molecular complexity index is 769. The van der Waals surface area contributed by atoms with E-state index in [0.717, 1.165) is 5.56 Å². The summed E-state index contributed by atoms with van der Waals surface area (Å²) in [5.74, 6) is 0.0491. The molecule has 1 saturated heterocycles. The van der Waals surface area contributed by atoms with Crippen molar-refractivity contribution in [2.24, 2.45) is 5.92 Å². The molecule has 0 unspecified atom stereocenters. The van der Waals surface area contributed by atoms with Crippen LogP contribution in [0.4, 0.5) is 0 Å². The number of piperidine rings is 1. The predicted molar refractivity (Wildman–Crippen MR) is 94.2 cm³/mol. The van der Waals surface area contributed by atoms with Crippen molar-refractivity contribution >= 4 is 23.5 Å². The lowest BCUT2D eigenvalue weighted by Gasteiger charge is -2.30. The molecular formula is C17H20ClN5O3. The van der Waals surface area contributed by atoms with Crippen molar-refractivity contribution in [2.75, 3.05) is 19.7 Å². The Kier molecular flexibility index (Phi) is 5.82. The van der Waals surface area contributed by atoms with E-state index < -0.39 is 0 Å². The van der Waals surface area contributed by atoms with Gasteiger partial charge in [0.2, 0.25) is 11.7 Å². The Balaban J connectivity index is 1.54. The number of ether oxygens (including phenoxy) is 1. The van der Waals surface area contributed by atoms with Crippen molar-refractivity contribution in [1.29, 1.82) is 0 Å². The van der Waals surface area contributed by atoms with E-state index in [1.54, 1.807) is 36.1 Å². The molecule has 0 aliphatic carbocycles. The van der Waals surface area contributed by atoms with Gasteiger partial charge in [0.05, 0.1) is 12.5 Å². The first-order chi connectivity index (χ1) is 12.6. The number of aromatic nitrogens is 4. The average molecular weight is 378 g/mol. The third-order valence-electron chi connectivity index (χ3n) is 4.30. The van der Waals surface area contributed by atoms with Crippen molar-refractivity contribution < 1.29 is 14.3 Å². The van der Waals surface area contributed by atoms with Crippen LogP contribution >= 0.6 is 11.6 Å². The van der Waals surface area contributed by atoms with Gasteiger partial charge < -0.3 is 9.64 Å². The minimum absolute atomic E-state index is 0.0185. The molecule has 138 valence electrons. The number of esters is 1. The molecule has 1 aliphatic rings. The Hall–Kier alpha value is -2.48. The highest BCUT2D eigenvalue weighted by Gasteiger charge is 2.28. The van der Waals surface area contributed by atoms with Crippen LogP contribution in [-0.2, 0) is 20.9 Å². The normalized spacial score (nSPS) is 15.1. The van der Waals surface area contributed by atoms with Crippen LogP contribution in [0.1, 0.15) is 19.8 Å². The summed E-state index contributed by atoms with van der Waals surface area (Å²) in [7, 11) is 0. The molecule has 0 bridgehead atoms. The SMILES string of the molecule is CCOC(=O)C1CCN(C(=O)Cn2nnc(-c3ccc(Cl)cc3)n2)CC1.